The Labute approximate surface area is 168 Å². The topological polar surface area (TPSA) is 80.0 Å². The van der Waals surface area contributed by atoms with Crippen LogP contribution < -0.4 is 10.9 Å². The summed E-state index contributed by atoms with van der Waals surface area (Å²) in [5.41, 5.74) is 6.53. The first-order chi connectivity index (χ1) is 12.4. The fourth-order valence-electron chi connectivity index (χ4n) is 2.26. The number of nitrogens with one attached hydrogen (secondary N) is 2. The number of hydrogen-bond donors (Lipinski definition) is 2. The molecule has 3 rings (SSSR count). The number of aromatic nitrogens is 2. The molecular weight excluding hydrogens is 422 g/mol. The summed E-state index contributed by atoms with van der Waals surface area (Å²) >= 11 is 24.1. The average Bonchev–Trinajstić information content (AvgIpc) is 2.93. The molecule has 0 aliphatic heterocycles. The standard InChI is InChI=1S/C16H10Cl4N4O2/c1-7-13(15(24-26-7)14-9(17)3-2-4-10(14)18)16(25)23-22-8-5-11(19)21-12(20)6-8/h2-6H,1H3,(H,21,22)(H,23,25). The van der Waals surface area contributed by atoms with Gasteiger partial charge in [-0.1, -0.05) is 57.6 Å². The van der Waals surface area contributed by atoms with Crippen molar-refractivity contribution in [1.82, 2.24) is 15.6 Å². The van der Waals surface area contributed by atoms with Crippen LogP contribution in [0, 0.1) is 6.92 Å². The van der Waals surface area contributed by atoms with Crippen LogP contribution >= 0.6 is 46.4 Å². The largest absolute Gasteiger partial charge is 0.360 e. The van der Waals surface area contributed by atoms with E-state index in [1.54, 1.807) is 25.1 Å². The Balaban J connectivity index is 1.90. The highest BCUT2D eigenvalue weighted by Crippen LogP contribution is 2.36. The number of aryl methyl sites for hydroxylation is 1. The zero-order chi connectivity index (χ0) is 18.8. The molecule has 2 heterocycles. The minimum absolute atomic E-state index is 0.180. The predicted octanol–water partition coefficient (Wildman–Crippen LogP) is 5.42. The van der Waals surface area contributed by atoms with E-state index < -0.39 is 5.91 Å². The third kappa shape index (κ3) is 3.88. The lowest BCUT2D eigenvalue weighted by molar-refractivity contribution is 0.0961. The van der Waals surface area contributed by atoms with Crippen LogP contribution in [0.4, 0.5) is 5.69 Å². The summed E-state index contributed by atoms with van der Waals surface area (Å²) in [6.07, 6.45) is 0. The van der Waals surface area contributed by atoms with Crippen LogP contribution in [0.25, 0.3) is 11.3 Å². The smallest absolute Gasteiger partial charge is 0.275 e. The number of nitrogens with zero attached hydrogens (tertiary/aromatic N) is 2. The van der Waals surface area contributed by atoms with E-state index in [1.807, 2.05) is 0 Å². The number of amides is 1. The van der Waals surface area contributed by atoms with Crippen LogP contribution in [0.15, 0.2) is 34.9 Å². The Hall–Kier alpha value is -1.99. The highest BCUT2D eigenvalue weighted by Gasteiger charge is 2.24. The Bertz CT molecular complexity index is 950. The van der Waals surface area contributed by atoms with Crippen LogP contribution in [-0.4, -0.2) is 16.0 Å². The summed E-state index contributed by atoms with van der Waals surface area (Å²) in [4.78, 5) is 16.5. The van der Waals surface area contributed by atoms with Crippen LogP contribution in [0.3, 0.4) is 0 Å². The lowest BCUT2D eigenvalue weighted by atomic mass is 10.1. The van der Waals surface area contributed by atoms with Crippen LogP contribution in [0.1, 0.15) is 16.1 Å². The van der Waals surface area contributed by atoms with Gasteiger partial charge in [-0.3, -0.25) is 15.6 Å². The molecule has 0 saturated carbocycles. The monoisotopic (exact) mass is 430 g/mol. The molecule has 2 N–H and O–H groups in total. The van der Waals surface area contributed by atoms with Gasteiger partial charge in [-0.25, -0.2) is 4.98 Å². The van der Waals surface area contributed by atoms with Gasteiger partial charge in [0.15, 0.2) is 0 Å². The third-order valence-electron chi connectivity index (χ3n) is 3.37. The minimum Gasteiger partial charge on any atom is -0.360 e. The van der Waals surface area contributed by atoms with E-state index in [9.17, 15) is 4.79 Å². The average molecular weight is 432 g/mol. The van der Waals surface area contributed by atoms with Gasteiger partial charge in [0.1, 0.15) is 27.3 Å². The quantitative estimate of drug-likeness (QED) is 0.426. The lowest BCUT2D eigenvalue weighted by Gasteiger charge is -2.10. The Morgan fingerprint density at radius 1 is 1.08 bits per heavy atom. The van der Waals surface area contributed by atoms with Crippen molar-refractivity contribution in [2.24, 2.45) is 0 Å². The molecule has 10 heteroatoms. The van der Waals surface area contributed by atoms with Gasteiger partial charge < -0.3 is 4.52 Å². The van der Waals surface area contributed by atoms with E-state index in [0.29, 0.717) is 27.1 Å². The Morgan fingerprint density at radius 2 is 1.69 bits per heavy atom. The molecule has 0 fully saturated rings. The molecular formula is C16H10Cl4N4O2. The van der Waals surface area contributed by atoms with Crippen molar-refractivity contribution in [2.45, 2.75) is 6.92 Å². The predicted molar refractivity (Wildman–Crippen MR) is 102 cm³/mol. The molecule has 0 aliphatic carbocycles. The molecule has 134 valence electrons. The highest BCUT2D eigenvalue weighted by molar-refractivity contribution is 6.39. The second kappa shape index (κ2) is 7.72. The number of hydrazine groups is 1. The maximum Gasteiger partial charge on any atom is 0.275 e. The molecule has 0 radical (unpaired) electrons. The first kappa shape index (κ1) is 18.8. The van der Waals surface area contributed by atoms with Gasteiger partial charge in [0, 0.05) is 17.7 Å². The summed E-state index contributed by atoms with van der Waals surface area (Å²) in [6.45, 7) is 1.61. The van der Waals surface area contributed by atoms with Crippen molar-refractivity contribution in [3.8, 4) is 11.3 Å². The van der Waals surface area contributed by atoms with Gasteiger partial charge in [-0.2, -0.15) is 0 Å². The van der Waals surface area contributed by atoms with E-state index in [0.717, 1.165) is 0 Å². The number of carbonyl (C=O) groups is 1. The molecule has 0 spiro atoms. The van der Waals surface area contributed by atoms with E-state index in [2.05, 4.69) is 21.0 Å². The molecule has 0 unspecified atom stereocenters. The van der Waals surface area contributed by atoms with Crippen molar-refractivity contribution in [2.75, 3.05) is 5.43 Å². The molecule has 0 bridgehead atoms. The fraction of sp³-hybridized carbons (Fsp3) is 0.0625. The Kier molecular flexibility index (Phi) is 5.58. The third-order valence-corrected chi connectivity index (χ3v) is 4.39. The summed E-state index contributed by atoms with van der Waals surface area (Å²) in [7, 11) is 0. The maximum atomic E-state index is 12.6. The van der Waals surface area contributed by atoms with Crippen LogP contribution in [0.5, 0.6) is 0 Å². The molecule has 1 amide bonds. The summed E-state index contributed by atoms with van der Waals surface area (Å²) in [5.74, 6) is -0.195. The maximum absolute atomic E-state index is 12.6. The van der Waals surface area contributed by atoms with Gasteiger partial charge in [0.25, 0.3) is 5.91 Å². The van der Waals surface area contributed by atoms with Gasteiger partial charge in [0.2, 0.25) is 0 Å². The number of benzene rings is 1. The zero-order valence-corrected chi connectivity index (χ0v) is 16.1. The molecule has 1 aromatic carbocycles. The first-order valence-electron chi connectivity index (χ1n) is 7.17. The van der Waals surface area contributed by atoms with Gasteiger partial charge >= 0.3 is 0 Å². The summed E-state index contributed by atoms with van der Waals surface area (Å²) in [5, 5.41) is 4.98. The number of carbonyl (C=O) groups excluding carboxylic acids is 1. The molecule has 0 saturated heterocycles. The molecule has 0 aliphatic rings. The van der Waals surface area contributed by atoms with Crippen molar-refractivity contribution in [3.05, 3.63) is 62.0 Å². The minimum atomic E-state index is -0.501. The van der Waals surface area contributed by atoms with E-state index in [1.165, 1.54) is 12.1 Å². The van der Waals surface area contributed by atoms with E-state index in [4.69, 9.17) is 50.9 Å². The summed E-state index contributed by atoms with van der Waals surface area (Å²) < 4.78 is 5.16. The van der Waals surface area contributed by atoms with Crippen molar-refractivity contribution >= 4 is 58.0 Å². The lowest BCUT2D eigenvalue weighted by Crippen LogP contribution is -2.30. The van der Waals surface area contributed by atoms with E-state index >= 15 is 0 Å². The van der Waals surface area contributed by atoms with Gasteiger partial charge in [0.05, 0.1) is 15.7 Å². The van der Waals surface area contributed by atoms with Crippen LogP contribution in [0.2, 0.25) is 20.4 Å². The fourth-order valence-corrected chi connectivity index (χ4v) is 3.30. The summed E-state index contributed by atoms with van der Waals surface area (Å²) in [6, 6.07) is 7.99. The van der Waals surface area contributed by atoms with Crippen molar-refractivity contribution in [1.29, 1.82) is 0 Å². The number of halogens is 4. The first-order valence-corrected chi connectivity index (χ1v) is 8.68. The highest BCUT2D eigenvalue weighted by atomic mass is 35.5. The number of anilines is 1. The Morgan fingerprint density at radius 3 is 2.31 bits per heavy atom. The van der Waals surface area contributed by atoms with E-state index in [-0.39, 0.29) is 21.6 Å². The van der Waals surface area contributed by atoms with Gasteiger partial charge in [-0.15, -0.1) is 0 Å². The number of pyridine rings is 1. The van der Waals surface area contributed by atoms with Crippen LogP contribution in [-0.2, 0) is 0 Å². The van der Waals surface area contributed by atoms with Crippen molar-refractivity contribution < 1.29 is 9.32 Å². The molecule has 6 nitrogen and oxygen atoms in total. The van der Waals surface area contributed by atoms with Crippen molar-refractivity contribution in [3.63, 3.8) is 0 Å². The second-order valence-electron chi connectivity index (χ2n) is 5.14. The van der Waals surface area contributed by atoms with Gasteiger partial charge in [-0.05, 0) is 19.1 Å². The number of rotatable bonds is 4. The zero-order valence-electron chi connectivity index (χ0n) is 13.1. The molecule has 2 aromatic heterocycles. The molecule has 3 aromatic rings. The molecule has 26 heavy (non-hydrogen) atoms. The SMILES string of the molecule is Cc1onc(-c2c(Cl)cccc2Cl)c1C(=O)NNc1cc(Cl)nc(Cl)c1. The second-order valence-corrected chi connectivity index (χ2v) is 6.73. The number of hydrogen-bond acceptors (Lipinski definition) is 5. The molecule has 0 atom stereocenters. The normalized spacial score (nSPS) is 10.7.